The molecule has 3 aromatic rings. The monoisotopic (exact) mass is 524 g/mol. The zero-order valence-corrected chi connectivity index (χ0v) is 16.9. The minimum Gasteiger partial charge on any atom is -0.0766 e. The molecule has 1 aliphatic carbocycles. The van der Waals surface area contributed by atoms with Crippen molar-refractivity contribution in [1.82, 2.24) is 0 Å². The molecule has 127 valence electrons. The van der Waals surface area contributed by atoms with Crippen LogP contribution in [0.3, 0.4) is 0 Å². The predicted molar refractivity (Wildman–Crippen MR) is 107 cm³/mol. The summed E-state index contributed by atoms with van der Waals surface area (Å²) in [6.45, 7) is 0. The van der Waals surface area contributed by atoms with E-state index in [2.05, 4.69) is 109 Å². The summed E-state index contributed by atoms with van der Waals surface area (Å²) >= 11 is 0. The Bertz CT molecular complexity index is 771. The van der Waals surface area contributed by atoms with Gasteiger partial charge >= 0.3 is 0 Å². The summed E-state index contributed by atoms with van der Waals surface area (Å²) in [7, 11) is -1.80. The molecule has 0 nitrogen and oxygen atoms in total. The van der Waals surface area contributed by atoms with Gasteiger partial charge < -0.3 is 0 Å². The van der Waals surface area contributed by atoms with Crippen molar-refractivity contribution in [1.29, 1.82) is 0 Å². The van der Waals surface area contributed by atoms with Crippen LogP contribution in [0.4, 0.5) is 0 Å². The Balaban J connectivity index is 0.00000182. The van der Waals surface area contributed by atoms with Crippen molar-refractivity contribution in [3.63, 3.8) is 0 Å². The molecule has 0 spiro atoms. The molecular weight excluding hydrogens is 504 g/mol. The largest absolute Gasteiger partial charge is 0.140 e. The van der Waals surface area contributed by atoms with Gasteiger partial charge in [0.2, 0.25) is 0 Å². The maximum absolute atomic E-state index is 2.33. The minimum atomic E-state index is -1.80. The number of benzene rings is 3. The second-order valence-corrected chi connectivity index (χ2v) is 9.43. The molecule has 0 aliphatic heterocycles. The number of hydrogen-bond donors (Lipinski definition) is 0. The van der Waals surface area contributed by atoms with Crippen molar-refractivity contribution in [3.8, 4) is 0 Å². The Kier molecular flexibility index (Phi) is 5.89. The molecular formula is C23H20AuP+. The van der Waals surface area contributed by atoms with Crippen molar-refractivity contribution < 1.29 is 22.4 Å². The second-order valence-electron chi connectivity index (χ2n) is 5.97. The third-order valence-corrected chi connectivity index (χ3v) is 9.02. The fraction of sp³-hybridized carbons (Fsp3) is 0.0435. The molecule has 0 heterocycles. The van der Waals surface area contributed by atoms with Gasteiger partial charge in [0.25, 0.3) is 0 Å². The van der Waals surface area contributed by atoms with Gasteiger partial charge in [-0.1, -0.05) is 66.7 Å². The fourth-order valence-corrected chi connectivity index (χ4v) is 8.02. The summed E-state index contributed by atoms with van der Waals surface area (Å²) in [5, 5.41) is 5.82. The van der Waals surface area contributed by atoms with Crippen molar-refractivity contribution in [2.24, 2.45) is 0 Å². The molecule has 0 amide bonds. The summed E-state index contributed by atoms with van der Waals surface area (Å²) in [5.41, 5.74) is 0. The Morgan fingerprint density at radius 1 is 0.560 bits per heavy atom. The Labute approximate surface area is 166 Å². The van der Waals surface area contributed by atoms with E-state index >= 15 is 0 Å². The Hall–Kier alpha value is -1.69. The van der Waals surface area contributed by atoms with Gasteiger partial charge in [0.1, 0.15) is 23.2 Å². The smallest absolute Gasteiger partial charge is 0.0766 e. The first kappa shape index (κ1) is 18.1. The average Bonchev–Trinajstić information content (AvgIpc) is 3.20. The maximum atomic E-state index is 2.33. The molecule has 1 radical (unpaired) electrons. The molecule has 0 unspecified atom stereocenters. The van der Waals surface area contributed by atoms with E-state index in [0.717, 1.165) is 6.42 Å². The summed E-state index contributed by atoms with van der Waals surface area (Å²) in [4.78, 5) is 0. The zero-order chi connectivity index (χ0) is 16.2. The molecule has 0 fully saturated rings. The van der Waals surface area contributed by atoms with Crippen LogP contribution in [0.5, 0.6) is 0 Å². The van der Waals surface area contributed by atoms with Gasteiger partial charge in [-0.2, -0.15) is 0 Å². The molecule has 2 heteroatoms. The van der Waals surface area contributed by atoms with Crippen LogP contribution in [0.25, 0.3) is 0 Å². The molecule has 3 aromatic carbocycles. The third kappa shape index (κ3) is 3.24. The first-order chi connectivity index (χ1) is 11.9. The van der Waals surface area contributed by atoms with E-state index in [-0.39, 0.29) is 22.4 Å². The third-order valence-electron chi connectivity index (χ3n) is 4.61. The predicted octanol–water partition coefficient (Wildman–Crippen LogP) is 4.82. The molecule has 0 N–H and O–H groups in total. The average molecular weight is 524 g/mol. The van der Waals surface area contributed by atoms with Gasteiger partial charge in [0.05, 0.1) is 5.31 Å². The van der Waals surface area contributed by atoms with E-state index in [1.54, 1.807) is 0 Å². The van der Waals surface area contributed by atoms with E-state index in [1.165, 1.54) is 21.2 Å². The summed E-state index contributed by atoms with van der Waals surface area (Å²) in [5.74, 6) is 0. The molecule has 25 heavy (non-hydrogen) atoms. The van der Waals surface area contributed by atoms with Crippen LogP contribution in [0.1, 0.15) is 6.42 Å². The molecule has 4 rings (SSSR count). The van der Waals surface area contributed by atoms with Crippen LogP contribution in [-0.4, -0.2) is 0 Å². The van der Waals surface area contributed by atoms with Gasteiger partial charge in [0, 0.05) is 28.8 Å². The first-order valence-electron chi connectivity index (χ1n) is 8.34. The fourth-order valence-electron chi connectivity index (χ4n) is 3.58. The first-order valence-corrected chi connectivity index (χ1v) is 10.1. The Morgan fingerprint density at radius 3 is 1.28 bits per heavy atom. The molecule has 0 bridgehead atoms. The second kappa shape index (κ2) is 8.13. The van der Waals surface area contributed by atoms with Gasteiger partial charge in [-0.3, -0.25) is 0 Å². The zero-order valence-electron chi connectivity index (χ0n) is 13.8. The molecule has 0 saturated carbocycles. The normalized spacial score (nSPS) is 13.2. The quantitative estimate of drug-likeness (QED) is 0.339. The molecule has 0 aromatic heterocycles. The van der Waals surface area contributed by atoms with Crippen LogP contribution >= 0.6 is 7.26 Å². The minimum absolute atomic E-state index is 0. The van der Waals surface area contributed by atoms with Crippen molar-refractivity contribution in [2.45, 2.75) is 6.42 Å². The van der Waals surface area contributed by atoms with Gasteiger partial charge in [-0.25, -0.2) is 0 Å². The van der Waals surface area contributed by atoms with Crippen LogP contribution in [0.2, 0.25) is 0 Å². The number of allylic oxidation sites excluding steroid dienone is 4. The van der Waals surface area contributed by atoms with E-state index < -0.39 is 7.26 Å². The van der Waals surface area contributed by atoms with E-state index in [0.29, 0.717) is 0 Å². The Morgan fingerprint density at radius 2 is 0.960 bits per heavy atom. The summed E-state index contributed by atoms with van der Waals surface area (Å²) in [6.07, 6.45) is 7.85. The molecule has 1 aliphatic rings. The van der Waals surface area contributed by atoms with Crippen molar-refractivity contribution >= 4 is 23.2 Å². The van der Waals surface area contributed by atoms with Gasteiger partial charge in [-0.15, -0.1) is 0 Å². The standard InChI is InChI=1S/C23H20P.Au/c1-4-12-20(13-5-1)24(23-18-10-11-19-23,21-14-6-2-7-15-21)22-16-8-3-9-17-22;/h1-18H,19H2;/q+1;. The number of hydrogen-bond acceptors (Lipinski definition) is 0. The van der Waals surface area contributed by atoms with Crippen LogP contribution < -0.4 is 15.9 Å². The SMILES string of the molecule is C1=CCC([P+](c2ccccc2)(c2ccccc2)c2ccccc2)=C1.[Au]. The molecule has 0 saturated heterocycles. The van der Waals surface area contributed by atoms with Gasteiger partial charge in [-0.05, 0) is 42.5 Å². The van der Waals surface area contributed by atoms with E-state index in [1.807, 2.05) is 0 Å². The van der Waals surface area contributed by atoms with Crippen LogP contribution in [-0.2, 0) is 22.4 Å². The topological polar surface area (TPSA) is 0 Å². The van der Waals surface area contributed by atoms with Gasteiger partial charge in [0.15, 0.2) is 0 Å². The van der Waals surface area contributed by atoms with Crippen LogP contribution in [0, 0.1) is 0 Å². The van der Waals surface area contributed by atoms with Crippen molar-refractivity contribution in [3.05, 3.63) is 115 Å². The van der Waals surface area contributed by atoms with E-state index in [9.17, 15) is 0 Å². The summed E-state index contributed by atoms with van der Waals surface area (Å²) < 4.78 is 0. The summed E-state index contributed by atoms with van der Waals surface area (Å²) in [6, 6.07) is 33.1. The van der Waals surface area contributed by atoms with Crippen molar-refractivity contribution in [2.75, 3.05) is 0 Å². The number of rotatable bonds is 4. The maximum Gasteiger partial charge on any atom is 0.140 e. The van der Waals surface area contributed by atoms with E-state index in [4.69, 9.17) is 0 Å². The molecule has 0 atom stereocenters. The van der Waals surface area contributed by atoms with Crippen LogP contribution in [0.15, 0.2) is 115 Å².